The fraction of sp³-hybridized carbons (Fsp3) is 0.905. The number of aromatic nitrogens is 4. The van der Waals surface area contributed by atoms with Crippen molar-refractivity contribution in [3.63, 3.8) is 0 Å². The average molecular weight is 404 g/mol. The van der Waals surface area contributed by atoms with Crippen molar-refractivity contribution in [3.8, 4) is 0 Å². The maximum absolute atomic E-state index is 12.5. The maximum Gasteiger partial charge on any atom is 0.312 e. The van der Waals surface area contributed by atoms with E-state index < -0.39 is 0 Å². The molecule has 3 heterocycles. The van der Waals surface area contributed by atoms with Crippen molar-refractivity contribution in [2.45, 2.75) is 82.9 Å². The van der Waals surface area contributed by atoms with Crippen LogP contribution in [0.3, 0.4) is 0 Å². The first-order valence-electron chi connectivity index (χ1n) is 11.3. The van der Waals surface area contributed by atoms with Crippen molar-refractivity contribution < 1.29 is 14.3 Å². The highest BCUT2D eigenvalue weighted by Gasteiger charge is 2.64. The minimum absolute atomic E-state index is 0.0451. The molecule has 0 aromatic carbocycles. The van der Waals surface area contributed by atoms with Crippen LogP contribution >= 0.6 is 0 Å². The van der Waals surface area contributed by atoms with Gasteiger partial charge in [-0.15, -0.1) is 5.10 Å². The molecule has 8 nitrogen and oxygen atoms in total. The smallest absolute Gasteiger partial charge is 0.312 e. The maximum atomic E-state index is 12.5. The zero-order valence-corrected chi connectivity index (χ0v) is 17.8. The number of fused-ring (bicyclic) bond motifs is 3. The molecule has 2 saturated heterocycles. The van der Waals surface area contributed by atoms with Crippen LogP contribution in [0.25, 0.3) is 0 Å². The summed E-state index contributed by atoms with van der Waals surface area (Å²) < 4.78 is 13.6. The summed E-state index contributed by atoms with van der Waals surface area (Å²) in [5, 5.41) is 16.7. The predicted octanol–water partition coefficient (Wildman–Crippen LogP) is 2.36. The molecule has 0 radical (unpaired) electrons. The first-order valence-corrected chi connectivity index (χ1v) is 11.3. The van der Waals surface area contributed by atoms with Crippen molar-refractivity contribution in [1.29, 1.82) is 0 Å². The van der Waals surface area contributed by atoms with Crippen LogP contribution < -0.4 is 5.32 Å². The quantitative estimate of drug-likeness (QED) is 0.699. The number of rotatable bonds is 7. The fourth-order valence-electron chi connectivity index (χ4n) is 6.38. The van der Waals surface area contributed by atoms with E-state index >= 15 is 0 Å². The first-order chi connectivity index (χ1) is 13.9. The highest BCUT2D eigenvalue weighted by atomic mass is 16.5. The first kappa shape index (κ1) is 19.4. The third-order valence-electron chi connectivity index (χ3n) is 7.97. The lowest BCUT2D eigenvalue weighted by Crippen LogP contribution is -2.67. The molecule has 1 aromatic heterocycles. The lowest BCUT2D eigenvalue weighted by atomic mass is 9.55. The van der Waals surface area contributed by atoms with Gasteiger partial charge in [0.1, 0.15) is 0 Å². The molecule has 8 heteroatoms. The number of carbonyl (C=O) groups is 1. The molecule has 1 aromatic rings. The minimum atomic E-state index is -0.336. The van der Waals surface area contributed by atoms with E-state index in [2.05, 4.69) is 34.7 Å². The zero-order chi connectivity index (χ0) is 20.3. The molecule has 0 amide bonds. The molecule has 2 atom stereocenters. The number of hydrogen-bond acceptors (Lipinski definition) is 7. The van der Waals surface area contributed by atoms with E-state index in [9.17, 15) is 4.79 Å². The summed E-state index contributed by atoms with van der Waals surface area (Å²) in [6.07, 6.45) is 7.08. The van der Waals surface area contributed by atoms with Gasteiger partial charge >= 0.3 is 5.97 Å². The molecular formula is C21H33N5O3. The molecule has 5 fully saturated rings. The average Bonchev–Trinajstić information content (AvgIpc) is 3.25. The molecule has 6 rings (SSSR count). The van der Waals surface area contributed by atoms with Crippen LogP contribution in [0.5, 0.6) is 0 Å². The summed E-state index contributed by atoms with van der Waals surface area (Å²) in [7, 11) is 0. The monoisotopic (exact) mass is 403 g/mol. The zero-order valence-electron chi connectivity index (χ0n) is 17.8. The number of carbonyl (C=O) groups excluding carboxylic acids is 1. The van der Waals surface area contributed by atoms with Gasteiger partial charge in [0, 0.05) is 13.2 Å². The van der Waals surface area contributed by atoms with Gasteiger partial charge in [0.25, 0.3) is 0 Å². The van der Waals surface area contributed by atoms with Gasteiger partial charge in [-0.2, -0.15) is 0 Å². The lowest BCUT2D eigenvalue weighted by molar-refractivity contribution is -0.234. The van der Waals surface area contributed by atoms with Crippen molar-refractivity contribution in [2.24, 2.45) is 17.3 Å². The van der Waals surface area contributed by atoms with E-state index in [0.29, 0.717) is 13.2 Å². The fourth-order valence-corrected chi connectivity index (χ4v) is 6.38. The number of nitrogens with one attached hydrogen (secondary N) is 1. The Kier molecular flexibility index (Phi) is 4.51. The minimum Gasteiger partial charge on any atom is -0.466 e. The number of tetrazole rings is 1. The van der Waals surface area contributed by atoms with Crippen LogP contribution in [0.4, 0.5) is 0 Å². The summed E-state index contributed by atoms with van der Waals surface area (Å²) in [6.45, 7) is 7.93. The number of ether oxygens (including phenoxy) is 2. The third-order valence-corrected chi connectivity index (χ3v) is 7.97. The second-order valence-corrected chi connectivity index (χ2v) is 10.1. The number of nitrogens with zero attached hydrogens (tertiary/aromatic N) is 4. The molecule has 3 aliphatic carbocycles. The van der Waals surface area contributed by atoms with Crippen molar-refractivity contribution >= 4 is 5.97 Å². The Bertz CT molecular complexity index is 773. The van der Waals surface area contributed by atoms with E-state index in [0.717, 1.165) is 56.3 Å². The Morgan fingerprint density at radius 3 is 2.66 bits per heavy atom. The second-order valence-electron chi connectivity index (χ2n) is 10.1. The molecule has 2 bridgehead atoms. The normalized spacial score (nSPS) is 40.3. The van der Waals surface area contributed by atoms with Crippen LogP contribution in [0.1, 0.15) is 77.6 Å². The molecule has 3 saturated carbocycles. The highest BCUT2D eigenvalue weighted by Crippen LogP contribution is 2.59. The molecular weight excluding hydrogens is 370 g/mol. The largest absolute Gasteiger partial charge is 0.466 e. The molecule has 0 spiro atoms. The Hall–Kier alpha value is -1.54. The van der Waals surface area contributed by atoms with E-state index in [1.54, 1.807) is 0 Å². The predicted molar refractivity (Wildman–Crippen MR) is 105 cm³/mol. The summed E-state index contributed by atoms with van der Waals surface area (Å²) in [6, 6.07) is 0.223. The SMILES string of the molecule is CCOC(=O)C12CCOC(CNC3(c4nnnn4C(C)C)CC4CCC4C3)(C1)C2. The summed E-state index contributed by atoms with van der Waals surface area (Å²) in [4.78, 5) is 12.5. The Labute approximate surface area is 172 Å². The standard InChI is InChI=1S/C21H33N5O3/c1-4-28-18(27)19-7-8-29-20(11-19,12-19)13-22-21(9-15-5-6-16(15)10-21)17-23-24-25-26(17)14(2)3/h14-16,22H,4-13H2,1-3H3. The number of hydrogen-bond donors (Lipinski definition) is 1. The van der Waals surface area contributed by atoms with Gasteiger partial charge in [0.15, 0.2) is 5.82 Å². The van der Waals surface area contributed by atoms with Crippen molar-refractivity contribution in [3.05, 3.63) is 5.82 Å². The van der Waals surface area contributed by atoms with Crippen molar-refractivity contribution in [2.75, 3.05) is 19.8 Å². The van der Waals surface area contributed by atoms with Crippen LogP contribution in [-0.4, -0.2) is 51.5 Å². The van der Waals surface area contributed by atoms with Gasteiger partial charge in [-0.1, -0.05) is 0 Å². The Balaban J connectivity index is 1.35. The summed E-state index contributed by atoms with van der Waals surface area (Å²) in [5.41, 5.74) is -0.801. The van der Waals surface area contributed by atoms with E-state index in [1.165, 1.54) is 12.8 Å². The van der Waals surface area contributed by atoms with Crippen molar-refractivity contribution in [1.82, 2.24) is 25.5 Å². The lowest BCUT2D eigenvalue weighted by Gasteiger charge is -2.58. The molecule has 2 unspecified atom stereocenters. The molecule has 5 aliphatic rings. The van der Waals surface area contributed by atoms with E-state index in [1.807, 2.05) is 11.6 Å². The molecule has 2 aliphatic heterocycles. The van der Waals surface area contributed by atoms with E-state index in [-0.39, 0.29) is 28.6 Å². The number of esters is 1. The van der Waals surface area contributed by atoms with Crippen LogP contribution in [0.15, 0.2) is 0 Å². The summed E-state index contributed by atoms with van der Waals surface area (Å²) in [5.74, 6) is 2.45. The highest BCUT2D eigenvalue weighted by molar-refractivity contribution is 5.79. The molecule has 160 valence electrons. The van der Waals surface area contributed by atoms with Gasteiger partial charge < -0.3 is 14.8 Å². The van der Waals surface area contributed by atoms with Gasteiger partial charge in [-0.25, -0.2) is 4.68 Å². The van der Waals surface area contributed by atoms with E-state index in [4.69, 9.17) is 9.47 Å². The van der Waals surface area contributed by atoms with Gasteiger partial charge in [0.2, 0.25) is 0 Å². The topological polar surface area (TPSA) is 91.2 Å². The van der Waals surface area contributed by atoms with Crippen LogP contribution in [0.2, 0.25) is 0 Å². The van der Waals surface area contributed by atoms with Crippen LogP contribution in [0, 0.1) is 17.3 Å². The van der Waals surface area contributed by atoms with Crippen LogP contribution in [-0.2, 0) is 19.8 Å². The third kappa shape index (κ3) is 2.93. The second kappa shape index (κ2) is 6.74. The van der Waals surface area contributed by atoms with Gasteiger partial charge in [-0.3, -0.25) is 4.79 Å². The Morgan fingerprint density at radius 1 is 1.31 bits per heavy atom. The summed E-state index contributed by atoms with van der Waals surface area (Å²) >= 11 is 0. The van der Waals surface area contributed by atoms with Gasteiger partial charge in [-0.05, 0) is 88.0 Å². The van der Waals surface area contributed by atoms with Gasteiger partial charge in [0.05, 0.1) is 29.2 Å². The molecule has 29 heavy (non-hydrogen) atoms. The molecule has 1 N–H and O–H groups in total. The Morgan fingerprint density at radius 2 is 2.03 bits per heavy atom.